The Morgan fingerprint density at radius 2 is 2.12 bits per heavy atom. The molecule has 0 bridgehead atoms. The summed E-state index contributed by atoms with van der Waals surface area (Å²) in [5, 5.41) is 0. The van der Waals surface area contributed by atoms with Gasteiger partial charge in [0.1, 0.15) is 6.04 Å². The van der Waals surface area contributed by atoms with Crippen molar-refractivity contribution in [3.63, 3.8) is 0 Å². The average molecular weight is 235 g/mol. The molecule has 1 aliphatic heterocycles. The van der Waals surface area contributed by atoms with Crippen LogP contribution in [0.2, 0.25) is 0 Å². The number of amides is 1. The van der Waals surface area contributed by atoms with Gasteiger partial charge in [0.15, 0.2) is 0 Å². The van der Waals surface area contributed by atoms with E-state index in [2.05, 4.69) is 0 Å². The third-order valence-corrected chi connectivity index (χ3v) is 2.53. The van der Waals surface area contributed by atoms with Gasteiger partial charge in [-0.1, -0.05) is 0 Å². The number of halogens is 2. The molecular weight excluding hydrogens is 220 g/mol. The Morgan fingerprint density at radius 3 is 2.69 bits per heavy atom. The van der Waals surface area contributed by atoms with Gasteiger partial charge in [0.25, 0.3) is 5.91 Å². The van der Waals surface area contributed by atoms with Gasteiger partial charge >= 0.3 is 12.4 Å². The smallest absolute Gasteiger partial charge is 0.328 e. The number of nitrogens with zero attached hydrogens (tertiary/aromatic N) is 1. The lowest BCUT2D eigenvalue weighted by atomic mass is 10.0. The first kappa shape index (κ1) is 12.9. The standard InChI is InChI=1S/C10H15F2NO3/c1-2-16-10(15)7-5-3-4-6-13(7)9(14)8(11)12/h7-8H,2-6H2,1H3. The fourth-order valence-electron chi connectivity index (χ4n) is 1.80. The number of rotatable bonds is 3. The summed E-state index contributed by atoms with van der Waals surface area (Å²) in [5.41, 5.74) is 0. The van der Waals surface area contributed by atoms with Crippen LogP contribution >= 0.6 is 0 Å². The zero-order valence-corrected chi connectivity index (χ0v) is 9.12. The van der Waals surface area contributed by atoms with Gasteiger partial charge in [0.05, 0.1) is 6.61 Å². The van der Waals surface area contributed by atoms with Gasteiger partial charge in [-0.25, -0.2) is 4.79 Å². The quantitative estimate of drug-likeness (QED) is 0.690. The van der Waals surface area contributed by atoms with Crippen LogP contribution in [0.4, 0.5) is 8.78 Å². The van der Waals surface area contributed by atoms with E-state index >= 15 is 0 Å². The summed E-state index contributed by atoms with van der Waals surface area (Å²) in [5.74, 6) is -1.87. The van der Waals surface area contributed by atoms with E-state index in [1.807, 2.05) is 0 Å². The Kier molecular flexibility index (Phi) is 4.64. The fraction of sp³-hybridized carbons (Fsp3) is 0.800. The van der Waals surface area contributed by atoms with Crippen molar-refractivity contribution >= 4 is 11.9 Å². The third kappa shape index (κ3) is 2.90. The van der Waals surface area contributed by atoms with Crippen molar-refractivity contribution in [3.8, 4) is 0 Å². The third-order valence-electron chi connectivity index (χ3n) is 2.53. The first-order valence-electron chi connectivity index (χ1n) is 5.33. The predicted molar refractivity (Wildman–Crippen MR) is 52.0 cm³/mol. The first-order chi connectivity index (χ1) is 7.57. The number of carbonyl (C=O) groups excluding carboxylic acids is 2. The second kappa shape index (κ2) is 5.77. The minimum atomic E-state index is -3.06. The number of ether oxygens (including phenoxy) is 1. The molecule has 0 aromatic carbocycles. The molecule has 0 aromatic rings. The summed E-state index contributed by atoms with van der Waals surface area (Å²) >= 11 is 0. The molecule has 1 atom stereocenters. The molecule has 92 valence electrons. The molecule has 1 heterocycles. The second-order valence-corrected chi connectivity index (χ2v) is 3.60. The van der Waals surface area contributed by atoms with Gasteiger partial charge in [0.2, 0.25) is 0 Å². The summed E-state index contributed by atoms with van der Waals surface area (Å²) in [6, 6.07) is -0.838. The number of likely N-dealkylation sites (tertiary alicyclic amines) is 1. The highest BCUT2D eigenvalue weighted by molar-refractivity contribution is 5.86. The zero-order chi connectivity index (χ0) is 12.1. The molecule has 0 aliphatic carbocycles. The number of alkyl halides is 2. The SMILES string of the molecule is CCOC(=O)C1CCCCN1C(=O)C(F)F. The Balaban J connectivity index is 2.71. The minimum Gasteiger partial charge on any atom is -0.464 e. The van der Waals surface area contributed by atoms with E-state index in [1.165, 1.54) is 0 Å². The van der Waals surface area contributed by atoms with Crippen LogP contribution in [0.5, 0.6) is 0 Å². The number of carbonyl (C=O) groups is 2. The molecule has 6 heteroatoms. The Morgan fingerprint density at radius 1 is 1.44 bits per heavy atom. The van der Waals surface area contributed by atoms with E-state index in [0.717, 1.165) is 11.3 Å². The van der Waals surface area contributed by atoms with Crippen molar-refractivity contribution in [1.82, 2.24) is 4.90 Å². The van der Waals surface area contributed by atoms with Crippen LogP contribution in [-0.2, 0) is 14.3 Å². The molecule has 0 aromatic heterocycles. The van der Waals surface area contributed by atoms with E-state index in [0.29, 0.717) is 12.8 Å². The number of esters is 1. The van der Waals surface area contributed by atoms with Gasteiger partial charge in [-0.2, -0.15) is 8.78 Å². The maximum absolute atomic E-state index is 12.3. The fourth-order valence-corrected chi connectivity index (χ4v) is 1.80. The highest BCUT2D eigenvalue weighted by Gasteiger charge is 2.36. The Bertz CT molecular complexity index is 271. The second-order valence-electron chi connectivity index (χ2n) is 3.60. The molecule has 1 rings (SSSR count). The van der Waals surface area contributed by atoms with E-state index < -0.39 is 24.3 Å². The monoisotopic (exact) mass is 235 g/mol. The normalized spacial score (nSPS) is 21.0. The molecule has 0 saturated carbocycles. The highest BCUT2D eigenvalue weighted by Crippen LogP contribution is 2.20. The van der Waals surface area contributed by atoms with Crippen LogP contribution in [0.3, 0.4) is 0 Å². The van der Waals surface area contributed by atoms with Gasteiger partial charge in [-0.05, 0) is 26.2 Å². The van der Waals surface area contributed by atoms with E-state index in [-0.39, 0.29) is 13.2 Å². The van der Waals surface area contributed by atoms with Crippen LogP contribution in [0.15, 0.2) is 0 Å². The van der Waals surface area contributed by atoms with E-state index in [9.17, 15) is 18.4 Å². The molecular formula is C10H15F2NO3. The molecule has 0 N–H and O–H groups in total. The van der Waals surface area contributed by atoms with Gasteiger partial charge in [-0.15, -0.1) is 0 Å². The van der Waals surface area contributed by atoms with Crippen LogP contribution < -0.4 is 0 Å². The summed E-state index contributed by atoms with van der Waals surface area (Å²) in [6.07, 6.45) is -1.27. The molecule has 1 unspecified atom stereocenters. The summed E-state index contributed by atoms with van der Waals surface area (Å²) in [4.78, 5) is 23.6. The molecule has 1 fully saturated rings. The van der Waals surface area contributed by atoms with E-state index in [4.69, 9.17) is 4.74 Å². The molecule has 4 nitrogen and oxygen atoms in total. The van der Waals surface area contributed by atoms with Crippen molar-refractivity contribution in [2.75, 3.05) is 13.2 Å². The molecule has 0 spiro atoms. The van der Waals surface area contributed by atoms with Crippen molar-refractivity contribution in [2.45, 2.75) is 38.7 Å². The lowest BCUT2D eigenvalue weighted by Crippen LogP contribution is -2.50. The lowest BCUT2D eigenvalue weighted by Gasteiger charge is -2.33. The summed E-state index contributed by atoms with van der Waals surface area (Å²) in [6.45, 7) is 2.03. The highest BCUT2D eigenvalue weighted by atomic mass is 19.3. The molecule has 1 aliphatic rings. The lowest BCUT2D eigenvalue weighted by molar-refractivity contribution is -0.161. The molecule has 0 radical (unpaired) electrons. The van der Waals surface area contributed by atoms with E-state index in [1.54, 1.807) is 6.92 Å². The van der Waals surface area contributed by atoms with Crippen LogP contribution in [-0.4, -0.2) is 42.4 Å². The molecule has 1 saturated heterocycles. The Labute approximate surface area is 92.5 Å². The van der Waals surface area contributed by atoms with Crippen molar-refractivity contribution in [2.24, 2.45) is 0 Å². The van der Waals surface area contributed by atoms with Gasteiger partial charge < -0.3 is 9.64 Å². The topological polar surface area (TPSA) is 46.6 Å². The maximum Gasteiger partial charge on any atom is 0.328 e. The van der Waals surface area contributed by atoms with Crippen molar-refractivity contribution in [3.05, 3.63) is 0 Å². The summed E-state index contributed by atoms with van der Waals surface area (Å²) < 4.78 is 29.3. The van der Waals surface area contributed by atoms with Crippen molar-refractivity contribution < 1.29 is 23.1 Å². The van der Waals surface area contributed by atoms with Crippen LogP contribution in [0.25, 0.3) is 0 Å². The minimum absolute atomic E-state index is 0.187. The summed E-state index contributed by atoms with van der Waals surface area (Å²) in [7, 11) is 0. The largest absolute Gasteiger partial charge is 0.464 e. The first-order valence-corrected chi connectivity index (χ1v) is 5.33. The van der Waals surface area contributed by atoms with Crippen LogP contribution in [0.1, 0.15) is 26.2 Å². The van der Waals surface area contributed by atoms with Gasteiger partial charge in [0, 0.05) is 6.54 Å². The van der Waals surface area contributed by atoms with Crippen molar-refractivity contribution in [1.29, 1.82) is 0 Å². The maximum atomic E-state index is 12.3. The molecule has 16 heavy (non-hydrogen) atoms. The average Bonchev–Trinajstić information content (AvgIpc) is 2.28. The predicted octanol–water partition coefficient (Wildman–Crippen LogP) is 1.20. The number of hydrogen-bond donors (Lipinski definition) is 0. The van der Waals surface area contributed by atoms with Gasteiger partial charge in [-0.3, -0.25) is 4.79 Å². The zero-order valence-electron chi connectivity index (χ0n) is 9.12. The number of hydrogen-bond acceptors (Lipinski definition) is 3. The van der Waals surface area contributed by atoms with Crippen LogP contribution in [0, 0.1) is 0 Å². The Hall–Kier alpha value is -1.20. The number of piperidine rings is 1. The molecule has 1 amide bonds.